The van der Waals surface area contributed by atoms with Gasteiger partial charge in [0.05, 0.1) is 23.0 Å². The molecule has 0 aliphatic heterocycles. The van der Waals surface area contributed by atoms with Gasteiger partial charge in [-0.1, -0.05) is 133 Å². The van der Waals surface area contributed by atoms with Gasteiger partial charge in [0.1, 0.15) is 0 Å². The molecule has 0 saturated carbocycles. The molecule has 56 heavy (non-hydrogen) atoms. The van der Waals surface area contributed by atoms with Gasteiger partial charge in [-0.2, -0.15) is 5.26 Å². The Hall–Kier alpha value is -7.74. The van der Waals surface area contributed by atoms with Gasteiger partial charge in [0.25, 0.3) is 0 Å². The normalized spacial score (nSPS) is 11.2. The molecule has 0 N–H and O–H groups in total. The Bertz CT molecular complexity index is 3160. The smallest absolute Gasteiger partial charge is 0.160 e. The standard InChI is InChI=1S/C52H32N4/c53-33-34-17-19-38(20-18-34)52-55-50(37-23-21-35(22-24-37)36-27-29-54-30-28-36)32-51(56-52)39-25-26-48-46-15-6-5-13-44(46)42-11-2-1-9-40(42)41-10-3-4-12-43(41)45-14-7-8-16-47(45)49(48)31-39/h1-32H. The highest BCUT2D eigenvalue weighted by molar-refractivity contribution is 6.26. The van der Waals surface area contributed by atoms with Crippen molar-refractivity contribution in [3.05, 3.63) is 200 Å². The molecule has 0 spiro atoms. The van der Waals surface area contributed by atoms with E-state index in [9.17, 15) is 5.26 Å². The monoisotopic (exact) mass is 712 g/mol. The zero-order valence-electron chi connectivity index (χ0n) is 30.3. The van der Waals surface area contributed by atoms with Gasteiger partial charge >= 0.3 is 0 Å². The van der Waals surface area contributed by atoms with E-state index in [2.05, 4.69) is 157 Å². The molecule has 0 radical (unpaired) electrons. The van der Waals surface area contributed by atoms with Crippen LogP contribution in [0.5, 0.6) is 0 Å². The molecule has 0 aliphatic rings. The number of pyridine rings is 1. The molecule has 10 rings (SSSR count). The summed E-state index contributed by atoms with van der Waals surface area (Å²) in [7, 11) is 0. The number of hydrogen-bond donors (Lipinski definition) is 0. The largest absolute Gasteiger partial charge is 0.265 e. The predicted octanol–water partition coefficient (Wildman–Crippen LogP) is 13.3. The van der Waals surface area contributed by atoms with Crippen LogP contribution < -0.4 is 0 Å². The SMILES string of the molecule is N#Cc1ccc(-c2nc(-c3ccc(-c4ccncc4)cc3)cc(-c3ccc4c5ccccc5c5ccccc5c5ccccc5c5ccccc5c4c3)n2)cc1. The molecule has 2 heterocycles. The molecule has 4 nitrogen and oxygen atoms in total. The summed E-state index contributed by atoms with van der Waals surface area (Å²) in [5.74, 6) is 0.594. The quantitative estimate of drug-likeness (QED) is 0.182. The minimum Gasteiger partial charge on any atom is -0.265 e. The fraction of sp³-hybridized carbons (Fsp3) is 0. The lowest BCUT2D eigenvalue weighted by molar-refractivity contribution is 1.18. The third kappa shape index (κ3) is 5.85. The van der Waals surface area contributed by atoms with E-state index in [1.807, 2.05) is 48.8 Å². The summed E-state index contributed by atoms with van der Waals surface area (Å²) in [5.41, 5.74) is 7.23. The Balaban J connectivity index is 1.27. The molecule has 260 valence electrons. The number of nitriles is 1. The van der Waals surface area contributed by atoms with E-state index in [0.29, 0.717) is 11.4 Å². The molecule has 0 fully saturated rings. The van der Waals surface area contributed by atoms with Crippen LogP contribution in [0, 0.1) is 11.3 Å². The van der Waals surface area contributed by atoms with E-state index in [4.69, 9.17) is 9.97 Å². The second-order valence-corrected chi connectivity index (χ2v) is 13.9. The number of rotatable bonds is 4. The van der Waals surface area contributed by atoms with Gasteiger partial charge in [0.15, 0.2) is 5.82 Å². The van der Waals surface area contributed by atoms with Gasteiger partial charge in [-0.05, 0) is 114 Å². The average molecular weight is 713 g/mol. The summed E-state index contributed by atoms with van der Waals surface area (Å²) in [4.78, 5) is 14.5. The first-order valence-electron chi connectivity index (χ1n) is 18.6. The first kappa shape index (κ1) is 32.9. The number of hydrogen-bond acceptors (Lipinski definition) is 4. The van der Waals surface area contributed by atoms with Crippen molar-refractivity contribution in [3.63, 3.8) is 0 Å². The summed E-state index contributed by atoms with van der Waals surface area (Å²) in [6.45, 7) is 0. The van der Waals surface area contributed by atoms with E-state index in [1.54, 1.807) is 0 Å². The van der Waals surface area contributed by atoms with Crippen molar-refractivity contribution in [2.24, 2.45) is 0 Å². The number of fused-ring (bicyclic) bond motifs is 10. The molecule has 0 aliphatic carbocycles. The molecule has 0 saturated heterocycles. The van der Waals surface area contributed by atoms with Crippen LogP contribution in [0.1, 0.15) is 5.56 Å². The average Bonchev–Trinajstić information content (AvgIpc) is 3.29. The number of nitrogens with zero attached hydrogens (tertiary/aromatic N) is 4. The van der Waals surface area contributed by atoms with Crippen LogP contribution in [-0.4, -0.2) is 15.0 Å². The summed E-state index contributed by atoms with van der Waals surface area (Å²) in [6, 6.07) is 66.0. The molecule has 10 aromatic rings. The first-order valence-corrected chi connectivity index (χ1v) is 18.6. The van der Waals surface area contributed by atoms with Crippen molar-refractivity contribution in [1.82, 2.24) is 15.0 Å². The molecule has 8 aromatic carbocycles. The Morgan fingerprint density at radius 2 is 0.696 bits per heavy atom. The fourth-order valence-corrected chi connectivity index (χ4v) is 7.92. The van der Waals surface area contributed by atoms with Gasteiger partial charge in [-0.25, -0.2) is 9.97 Å². The Morgan fingerprint density at radius 1 is 0.321 bits per heavy atom. The van der Waals surface area contributed by atoms with Crippen molar-refractivity contribution < 1.29 is 0 Å². The lowest BCUT2D eigenvalue weighted by Gasteiger charge is -2.12. The van der Waals surface area contributed by atoms with Gasteiger partial charge in [-0.15, -0.1) is 0 Å². The van der Waals surface area contributed by atoms with Crippen molar-refractivity contribution in [3.8, 4) is 51.1 Å². The van der Waals surface area contributed by atoms with Crippen molar-refractivity contribution in [2.75, 3.05) is 0 Å². The zero-order valence-corrected chi connectivity index (χ0v) is 30.3. The van der Waals surface area contributed by atoms with E-state index in [1.165, 1.54) is 37.7 Å². The van der Waals surface area contributed by atoms with Crippen LogP contribution in [0.3, 0.4) is 0 Å². The maximum absolute atomic E-state index is 9.51. The van der Waals surface area contributed by atoms with Gasteiger partial charge in [0, 0.05) is 29.1 Å². The fourth-order valence-electron chi connectivity index (χ4n) is 7.92. The topological polar surface area (TPSA) is 62.5 Å². The Kier molecular flexibility index (Phi) is 8.17. The van der Waals surface area contributed by atoms with Crippen molar-refractivity contribution in [2.45, 2.75) is 0 Å². The highest BCUT2D eigenvalue weighted by Gasteiger charge is 2.14. The molecule has 4 heteroatoms. The number of aromatic nitrogens is 3. The van der Waals surface area contributed by atoms with Gasteiger partial charge < -0.3 is 0 Å². The second-order valence-electron chi connectivity index (χ2n) is 13.9. The van der Waals surface area contributed by atoms with Crippen LogP contribution in [0.2, 0.25) is 0 Å². The molecule has 0 unspecified atom stereocenters. The van der Waals surface area contributed by atoms with E-state index < -0.39 is 0 Å². The minimum absolute atomic E-state index is 0.591. The second kappa shape index (κ2) is 13.9. The summed E-state index contributed by atoms with van der Waals surface area (Å²) in [6.07, 6.45) is 3.62. The van der Waals surface area contributed by atoms with Crippen LogP contribution in [0.4, 0.5) is 0 Å². The molecule has 2 aromatic heterocycles. The Labute approximate surface area is 324 Å². The lowest BCUT2D eigenvalue weighted by Crippen LogP contribution is -1.96. The third-order valence-corrected chi connectivity index (χ3v) is 10.7. The van der Waals surface area contributed by atoms with E-state index in [-0.39, 0.29) is 0 Å². The minimum atomic E-state index is 0.591. The van der Waals surface area contributed by atoms with Crippen molar-refractivity contribution >= 4 is 53.9 Å². The number of benzene rings is 7. The third-order valence-electron chi connectivity index (χ3n) is 10.7. The first-order chi connectivity index (χ1) is 27.7. The molecule has 0 atom stereocenters. The summed E-state index contributed by atoms with van der Waals surface area (Å²) >= 11 is 0. The predicted molar refractivity (Wildman–Crippen MR) is 231 cm³/mol. The van der Waals surface area contributed by atoms with Crippen LogP contribution in [0.15, 0.2) is 194 Å². The van der Waals surface area contributed by atoms with Crippen LogP contribution in [0.25, 0.3) is 98.9 Å². The summed E-state index contributed by atoms with van der Waals surface area (Å²) in [5, 5.41) is 21.3. The van der Waals surface area contributed by atoms with Crippen molar-refractivity contribution in [1.29, 1.82) is 5.26 Å². The molecule has 0 bridgehead atoms. The molecular formula is C52H32N4. The van der Waals surface area contributed by atoms with Gasteiger partial charge in [-0.3, -0.25) is 4.98 Å². The van der Waals surface area contributed by atoms with Crippen LogP contribution in [-0.2, 0) is 0 Å². The molecular weight excluding hydrogens is 681 g/mol. The highest BCUT2D eigenvalue weighted by Crippen LogP contribution is 2.38. The summed E-state index contributed by atoms with van der Waals surface area (Å²) < 4.78 is 0. The van der Waals surface area contributed by atoms with E-state index >= 15 is 0 Å². The Morgan fingerprint density at radius 3 is 1.18 bits per heavy atom. The van der Waals surface area contributed by atoms with Crippen LogP contribution >= 0.6 is 0 Å². The maximum Gasteiger partial charge on any atom is 0.160 e. The van der Waals surface area contributed by atoms with Gasteiger partial charge in [0.2, 0.25) is 0 Å². The zero-order chi connectivity index (χ0) is 37.4. The maximum atomic E-state index is 9.51. The highest BCUT2D eigenvalue weighted by atomic mass is 14.9. The van der Waals surface area contributed by atoms with E-state index in [0.717, 1.165) is 55.4 Å². The lowest BCUT2D eigenvalue weighted by atomic mass is 9.93. The molecule has 0 amide bonds.